The van der Waals surface area contributed by atoms with Gasteiger partial charge in [0.05, 0.1) is 5.92 Å². The lowest BCUT2D eigenvalue weighted by atomic mass is 9.89. The smallest absolute Gasteiger partial charge is 0.314 e. The molecule has 0 N–H and O–H groups in total. The summed E-state index contributed by atoms with van der Waals surface area (Å²) in [5, 5.41) is 0. The molecular weight excluding hydrogens is 200 g/mol. The highest BCUT2D eigenvalue weighted by Crippen LogP contribution is 2.25. The standard InChI is InChI=1S/C14H17O2/c1-11-6-5-9-13(10-11)16-14(15)12-7-3-2-4-8-12/h5-6,9-10,12H,1-4,7-8H2. The van der Waals surface area contributed by atoms with E-state index in [1.54, 1.807) is 12.1 Å². The minimum absolute atomic E-state index is 0.0784. The molecule has 1 fully saturated rings. The Bertz CT molecular complexity index is 365. The molecule has 1 aliphatic carbocycles. The second-order valence-electron chi connectivity index (χ2n) is 4.40. The third-order valence-corrected chi connectivity index (χ3v) is 3.06. The van der Waals surface area contributed by atoms with Gasteiger partial charge < -0.3 is 4.74 Å². The Kier molecular flexibility index (Phi) is 3.60. The molecule has 1 aliphatic rings. The van der Waals surface area contributed by atoms with Gasteiger partial charge >= 0.3 is 5.97 Å². The van der Waals surface area contributed by atoms with Crippen LogP contribution in [0.25, 0.3) is 0 Å². The molecule has 0 spiro atoms. The Morgan fingerprint density at radius 3 is 2.69 bits per heavy atom. The van der Waals surface area contributed by atoms with Crippen molar-refractivity contribution in [3.8, 4) is 5.75 Å². The Morgan fingerprint density at radius 2 is 2.00 bits per heavy atom. The first kappa shape index (κ1) is 11.2. The van der Waals surface area contributed by atoms with Crippen LogP contribution in [0.3, 0.4) is 0 Å². The van der Waals surface area contributed by atoms with E-state index in [1.807, 2.05) is 12.1 Å². The number of benzene rings is 1. The van der Waals surface area contributed by atoms with Crippen LogP contribution in [-0.4, -0.2) is 5.97 Å². The monoisotopic (exact) mass is 217 g/mol. The van der Waals surface area contributed by atoms with E-state index in [0.717, 1.165) is 31.2 Å². The fourth-order valence-corrected chi connectivity index (χ4v) is 2.15. The summed E-state index contributed by atoms with van der Waals surface area (Å²) in [7, 11) is 0. The first-order valence-electron chi connectivity index (χ1n) is 5.89. The summed E-state index contributed by atoms with van der Waals surface area (Å²) >= 11 is 0. The molecule has 0 unspecified atom stereocenters. The highest BCUT2D eigenvalue weighted by Gasteiger charge is 2.22. The van der Waals surface area contributed by atoms with E-state index >= 15 is 0 Å². The predicted octanol–water partition coefficient (Wildman–Crippen LogP) is 3.35. The first-order chi connectivity index (χ1) is 7.75. The SMILES string of the molecule is [CH2]c1cccc(OC(=O)C2CCCCC2)c1. The number of hydrogen-bond donors (Lipinski definition) is 0. The van der Waals surface area contributed by atoms with Crippen LogP contribution >= 0.6 is 0 Å². The van der Waals surface area contributed by atoms with Crippen molar-refractivity contribution in [1.82, 2.24) is 0 Å². The van der Waals surface area contributed by atoms with Gasteiger partial charge in [-0.15, -0.1) is 0 Å². The van der Waals surface area contributed by atoms with Crippen LogP contribution in [-0.2, 0) is 4.79 Å². The van der Waals surface area contributed by atoms with Crippen LogP contribution in [0.2, 0.25) is 0 Å². The second-order valence-corrected chi connectivity index (χ2v) is 4.40. The summed E-state index contributed by atoms with van der Waals surface area (Å²) in [5.41, 5.74) is 0.869. The molecule has 85 valence electrons. The van der Waals surface area contributed by atoms with Gasteiger partial charge in [-0.25, -0.2) is 0 Å². The molecule has 0 amide bonds. The predicted molar refractivity (Wildman–Crippen MR) is 63.1 cm³/mol. The summed E-state index contributed by atoms with van der Waals surface area (Å²) in [5.74, 6) is 0.635. The Balaban J connectivity index is 1.96. The van der Waals surface area contributed by atoms with E-state index in [4.69, 9.17) is 4.74 Å². The van der Waals surface area contributed by atoms with Gasteiger partial charge in [0.25, 0.3) is 0 Å². The number of carbonyl (C=O) groups excluding carboxylic acids is 1. The van der Waals surface area contributed by atoms with Crippen LogP contribution in [0.15, 0.2) is 24.3 Å². The summed E-state index contributed by atoms with van der Waals surface area (Å²) in [6.45, 7) is 3.81. The fourth-order valence-electron chi connectivity index (χ4n) is 2.15. The Hall–Kier alpha value is -1.31. The average Bonchev–Trinajstić information content (AvgIpc) is 2.30. The van der Waals surface area contributed by atoms with Crippen LogP contribution < -0.4 is 4.74 Å². The van der Waals surface area contributed by atoms with Gasteiger partial charge in [0, 0.05) is 0 Å². The molecule has 1 aromatic rings. The number of ether oxygens (including phenoxy) is 1. The zero-order valence-electron chi connectivity index (χ0n) is 9.45. The molecular formula is C14H17O2. The van der Waals surface area contributed by atoms with Crippen LogP contribution in [0.4, 0.5) is 0 Å². The number of rotatable bonds is 2. The molecule has 1 aromatic carbocycles. The van der Waals surface area contributed by atoms with E-state index in [0.29, 0.717) is 5.75 Å². The fraction of sp³-hybridized carbons (Fsp3) is 0.429. The summed E-state index contributed by atoms with van der Waals surface area (Å²) < 4.78 is 5.36. The topological polar surface area (TPSA) is 26.3 Å². The van der Waals surface area contributed by atoms with Crippen molar-refractivity contribution in [3.63, 3.8) is 0 Å². The molecule has 0 atom stereocenters. The van der Waals surface area contributed by atoms with E-state index in [9.17, 15) is 4.79 Å². The minimum atomic E-state index is -0.0784. The normalized spacial score (nSPS) is 17.1. The highest BCUT2D eigenvalue weighted by molar-refractivity contribution is 5.75. The molecule has 2 nitrogen and oxygen atoms in total. The third-order valence-electron chi connectivity index (χ3n) is 3.06. The summed E-state index contributed by atoms with van der Waals surface area (Å²) in [6.07, 6.45) is 5.49. The Labute approximate surface area is 96.6 Å². The molecule has 1 saturated carbocycles. The van der Waals surface area contributed by atoms with Crippen molar-refractivity contribution in [3.05, 3.63) is 36.8 Å². The maximum atomic E-state index is 11.8. The lowest BCUT2D eigenvalue weighted by Gasteiger charge is -2.19. The van der Waals surface area contributed by atoms with Crippen molar-refractivity contribution in [2.24, 2.45) is 5.92 Å². The highest BCUT2D eigenvalue weighted by atomic mass is 16.5. The zero-order chi connectivity index (χ0) is 11.4. The van der Waals surface area contributed by atoms with Crippen LogP contribution in [0.5, 0.6) is 5.75 Å². The average molecular weight is 217 g/mol. The molecule has 1 radical (unpaired) electrons. The number of carbonyl (C=O) groups is 1. The molecule has 0 aromatic heterocycles. The largest absolute Gasteiger partial charge is 0.426 e. The summed E-state index contributed by atoms with van der Waals surface area (Å²) in [4.78, 5) is 11.8. The number of esters is 1. The molecule has 0 bridgehead atoms. The maximum Gasteiger partial charge on any atom is 0.314 e. The first-order valence-corrected chi connectivity index (χ1v) is 5.89. The maximum absolute atomic E-state index is 11.8. The number of hydrogen-bond acceptors (Lipinski definition) is 2. The van der Waals surface area contributed by atoms with Gasteiger partial charge in [0.2, 0.25) is 0 Å². The van der Waals surface area contributed by atoms with Crippen LogP contribution in [0.1, 0.15) is 37.7 Å². The zero-order valence-corrected chi connectivity index (χ0v) is 9.45. The summed E-state index contributed by atoms with van der Waals surface area (Å²) in [6, 6.07) is 7.33. The van der Waals surface area contributed by atoms with Gasteiger partial charge in [-0.1, -0.05) is 31.4 Å². The Morgan fingerprint density at radius 1 is 1.25 bits per heavy atom. The third kappa shape index (κ3) is 2.84. The van der Waals surface area contributed by atoms with Crippen molar-refractivity contribution in [1.29, 1.82) is 0 Å². The van der Waals surface area contributed by atoms with E-state index < -0.39 is 0 Å². The molecule has 0 heterocycles. The minimum Gasteiger partial charge on any atom is -0.426 e. The quantitative estimate of drug-likeness (QED) is 0.561. The molecule has 2 heteroatoms. The van der Waals surface area contributed by atoms with Gasteiger partial charge in [0.15, 0.2) is 0 Å². The van der Waals surface area contributed by atoms with Gasteiger partial charge in [-0.3, -0.25) is 4.79 Å². The lowest BCUT2D eigenvalue weighted by Crippen LogP contribution is -2.22. The second kappa shape index (κ2) is 5.15. The molecule has 16 heavy (non-hydrogen) atoms. The van der Waals surface area contributed by atoms with E-state index in [1.165, 1.54) is 6.42 Å². The van der Waals surface area contributed by atoms with E-state index in [-0.39, 0.29) is 11.9 Å². The van der Waals surface area contributed by atoms with Crippen molar-refractivity contribution in [2.45, 2.75) is 32.1 Å². The van der Waals surface area contributed by atoms with E-state index in [2.05, 4.69) is 6.92 Å². The van der Waals surface area contributed by atoms with Crippen molar-refractivity contribution < 1.29 is 9.53 Å². The molecule has 0 aliphatic heterocycles. The van der Waals surface area contributed by atoms with Gasteiger partial charge in [-0.2, -0.15) is 0 Å². The molecule has 2 rings (SSSR count). The van der Waals surface area contributed by atoms with Crippen molar-refractivity contribution in [2.75, 3.05) is 0 Å². The lowest BCUT2D eigenvalue weighted by molar-refractivity contribution is -0.139. The molecule has 0 saturated heterocycles. The van der Waals surface area contributed by atoms with Gasteiger partial charge in [0.1, 0.15) is 5.75 Å². The van der Waals surface area contributed by atoms with Gasteiger partial charge in [-0.05, 0) is 37.5 Å². The van der Waals surface area contributed by atoms with Crippen LogP contribution in [0, 0.1) is 12.8 Å². The van der Waals surface area contributed by atoms with Crippen molar-refractivity contribution >= 4 is 5.97 Å².